The van der Waals surface area contributed by atoms with E-state index in [9.17, 15) is 4.79 Å². The van der Waals surface area contributed by atoms with Crippen molar-refractivity contribution in [1.82, 2.24) is 5.32 Å². The fourth-order valence-corrected chi connectivity index (χ4v) is 5.07. The van der Waals surface area contributed by atoms with Gasteiger partial charge in [-0.2, -0.15) is 0 Å². The third kappa shape index (κ3) is 3.26. The van der Waals surface area contributed by atoms with Crippen LogP contribution < -0.4 is 10.2 Å². The van der Waals surface area contributed by atoms with Gasteiger partial charge in [0.05, 0.1) is 5.69 Å². The van der Waals surface area contributed by atoms with Crippen molar-refractivity contribution >= 4 is 44.8 Å². The summed E-state index contributed by atoms with van der Waals surface area (Å²) in [6.07, 6.45) is 0. The number of hydrogen-bond donors (Lipinski definition) is 1. The Kier molecular flexibility index (Phi) is 4.68. The van der Waals surface area contributed by atoms with Gasteiger partial charge < -0.3 is 10.2 Å². The van der Waals surface area contributed by atoms with E-state index < -0.39 is 0 Å². The van der Waals surface area contributed by atoms with Crippen LogP contribution >= 0.6 is 23.1 Å². The van der Waals surface area contributed by atoms with Crippen molar-refractivity contribution in [3.05, 3.63) is 59.0 Å². The number of thioether (sulfide) groups is 1. The topological polar surface area (TPSA) is 32.3 Å². The largest absolute Gasteiger partial charge is 0.364 e. The first-order chi connectivity index (χ1) is 12.3. The van der Waals surface area contributed by atoms with E-state index in [0.717, 1.165) is 29.4 Å². The Labute approximate surface area is 156 Å². The molecular weight excluding hydrogens is 348 g/mol. The molecule has 0 saturated heterocycles. The first-order valence-electron chi connectivity index (χ1n) is 8.52. The van der Waals surface area contributed by atoms with Gasteiger partial charge in [0, 0.05) is 34.6 Å². The van der Waals surface area contributed by atoms with Crippen LogP contribution in [0.4, 0.5) is 5.69 Å². The zero-order valence-corrected chi connectivity index (χ0v) is 15.8. The average Bonchev–Trinajstić information content (AvgIpc) is 2.93. The Bertz CT molecular complexity index is 905. The minimum Gasteiger partial charge on any atom is -0.364 e. The van der Waals surface area contributed by atoms with Gasteiger partial charge in [0.25, 0.3) is 5.91 Å². The van der Waals surface area contributed by atoms with Crippen LogP contribution in [-0.2, 0) is 6.54 Å². The smallest absolute Gasteiger partial charge is 0.263 e. The lowest BCUT2D eigenvalue weighted by Crippen LogP contribution is -2.29. The lowest BCUT2D eigenvalue weighted by molar-refractivity contribution is 0.0962. The minimum absolute atomic E-state index is 0.0523. The third-order valence-corrected chi connectivity index (χ3v) is 6.38. The first-order valence-corrected chi connectivity index (χ1v) is 10.3. The second-order valence-electron chi connectivity index (χ2n) is 6.03. The molecule has 2 heterocycles. The maximum atomic E-state index is 12.6. The molecule has 0 saturated carbocycles. The van der Waals surface area contributed by atoms with Crippen LogP contribution in [-0.4, -0.2) is 24.7 Å². The number of carbonyl (C=O) groups is 1. The standard InChI is InChI=1S/C20H20N2OS2/c1-2-24-15-8-9-17-16(12-15)18-19(25-17)20(23)21-10-11-22(18)13-14-6-4-3-5-7-14/h3-9,12H,2,10-11,13H2,1H3,(H,21,23). The molecule has 1 amide bonds. The van der Waals surface area contributed by atoms with E-state index in [1.807, 2.05) is 17.8 Å². The highest BCUT2D eigenvalue weighted by Crippen LogP contribution is 2.41. The van der Waals surface area contributed by atoms with Crippen LogP contribution in [0.3, 0.4) is 0 Å². The van der Waals surface area contributed by atoms with Crippen molar-refractivity contribution in [1.29, 1.82) is 0 Å². The molecule has 1 aliphatic rings. The van der Waals surface area contributed by atoms with E-state index in [1.165, 1.54) is 20.5 Å². The van der Waals surface area contributed by atoms with E-state index in [2.05, 4.69) is 59.6 Å². The molecule has 4 rings (SSSR count). The van der Waals surface area contributed by atoms with Gasteiger partial charge >= 0.3 is 0 Å². The quantitative estimate of drug-likeness (QED) is 0.674. The Morgan fingerprint density at radius 2 is 2.04 bits per heavy atom. The predicted molar refractivity (Wildman–Crippen MR) is 108 cm³/mol. The van der Waals surface area contributed by atoms with Crippen LogP contribution in [0, 0.1) is 0 Å². The summed E-state index contributed by atoms with van der Waals surface area (Å²) in [5.41, 5.74) is 2.36. The zero-order chi connectivity index (χ0) is 17.2. The van der Waals surface area contributed by atoms with Crippen LogP contribution in [0.1, 0.15) is 22.2 Å². The molecule has 1 N–H and O–H groups in total. The third-order valence-electron chi connectivity index (χ3n) is 4.35. The summed E-state index contributed by atoms with van der Waals surface area (Å²) in [5, 5.41) is 4.24. The Morgan fingerprint density at radius 3 is 2.84 bits per heavy atom. The number of fused-ring (bicyclic) bond motifs is 3. The highest BCUT2D eigenvalue weighted by molar-refractivity contribution is 7.99. The summed E-state index contributed by atoms with van der Waals surface area (Å²) < 4.78 is 1.18. The van der Waals surface area contributed by atoms with Crippen LogP contribution in [0.25, 0.3) is 10.1 Å². The van der Waals surface area contributed by atoms with E-state index in [0.29, 0.717) is 6.54 Å². The lowest BCUT2D eigenvalue weighted by Gasteiger charge is -2.23. The summed E-state index contributed by atoms with van der Waals surface area (Å²) in [4.78, 5) is 17.0. The number of hydrogen-bond acceptors (Lipinski definition) is 4. The molecule has 0 aliphatic carbocycles. The molecule has 128 valence electrons. The predicted octanol–water partition coefficient (Wildman–Crippen LogP) is 4.76. The molecule has 0 radical (unpaired) electrons. The first kappa shape index (κ1) is 16.5. The van der Waals surface area contributed by atoms with Gasteiger partial charge in [0.15, 0.2) is 0 Å². The fourth-order valence-electron chi connectivity index (χ4n) is 3.25. The molecule has 1 aliphatic heterocycles. The van der Waals surface area contributed by atoms with E-state index in [-0.39, 0.29) is 5.91 Å². The summed E-state index contributed by atoms with van der Waals surface area (Å²) in [5.74, 6) is 1.10. The molecule has 2 aromatic carbocycles. The Morgan fingerprint density at radius 1 is 1.20 bits per heavy atom. The van der Waals surface area contributed by atoms with Gasteiger partial charge in [-0.05, 0) is 29.5 Å². The van der Waals surface area contributed by atoms with Crippen molar-refractivity contribution in [2.75, 3.05) is 23.7 Å². The molecule has 1 aromatic heterocycles. The van der Waals surface area contributed by atoms with Gasteiger partial charge in [-0.15, -0.1) is 23.1 Å². The summed E-state index contributed by atoms with van der Waals surface area (Å²) in [6.45, 7) is 4.49. The molecule has 0 unspecified atom stereocenters. The average molecular weight is 369 g/mol. The van der Waals surface area contributed by atoms with Crippen molar-refractivity contribution < 1.29 is 4.79 Å². The van der Waals surface area contributed by atoms with Crippen LogP contribution in [0.5, 0.6) is 0 Å². The zero-order valence-electron chi connectivity index (χ0n) is 14.1. The number of nitrogens with one attached hydrogen (secondary N) is 1. The Hall–Kier alpha value is -1.98. The van der Waals surface area contributed by atoms with Crippen molar-refractivity contribution in [3.63, 3.8) is 0 Å². The molecule has 0 atom stereocenters. The van der Waals surface area contributed by atoms with Gasteiger partial charge in [-0.25, -0.2) is 0 Å². The van der Waals surface area contributed by atoms with E-state index >= 15 is 0 Å². The second-order valence-corrected chi connectivity index (χ2v) is 8.42. The van der Waals surface area contributed by atoms with Crippen molar-refractivity contribution in [2.24, 2.45) is 0 Å². The lowest BCUT2D eigenvalue weighted by atomic mass is 10.1. The normalized spacial score (nSPS) is 14.3. The maximum Gasteiger partial charge on any atom is 0.263 e. The monoisotopic (exact) mass is 368 g/mol. The number of amides is 1. The van der Waals surface area contributed by atoms with Gasteiger partial charge in [-0.1, -0.05) is 37.3 Å². The highest BCUT2D eigenvalue weighted by atomic mass is 32.2. The molecular formula is C20H20N2OS2. The molecule has 25 heavy (non-hydrogen) atoms. The van der Waals surface area contributed by atoms with Gasteiger partial charge in [0.2, 0.25) is 0 Å². The minimum atomic E-state index is 0.0523. The van der Waals surface area contributed by atoms with E-state index in [4.69, 9.17) is 0 Å². The second kappa shape index (κ2) is 7.10. The number of carbonyl (C=O) groups excluding carboxylic acids is 1. The molecule has 5 heteroatoms. The number of rotatable bonds is 4. The summed E-state index contributed by atoms with van der Waals surface area (Å²) >= 11 is 3.44. The number of thiophene rings is 1. The fraction of sp³-hybridized carbons (Fsp3) is 0.250. The maximum absolute atomic E-state index is 12.6. The summed E-state index contributed by atoms with van der Waals surface area (Å²) in [6, 6.07) is 17.0. The number of anilines is 1. The molecule has 3 aromatic rings. The molecule has 3 nitrogen and oxygen atoms in total. The van der Waals surface area contributed by atoms with Crippen LogP contribution in [0.15, 0.2) is 53.4 Å². The molecule has 0 spiro atoms. The van der Waals surface area contributed by atoms with Crippen molar-refractivity contribution in [3.8, 4) is 0 Å². The molecule has 0 fully saturated rings. The van der Waals surface area contributed by atoms with Gasteiger partial charge in [0.1, 0.15) is 4.88 Å². The SMILES string of the molecule is CCSc1ccc2sc3c(c2c1)N(Cc1ccccc1)CCNC3=O. The highest BCUT2D eigenvalue weighted by Gasteiger charge is 2.26. The van der Waals surface area contributed by atoms with Crippen molar-refractivity contribution in [2.45, 2.75) is 18.4 Å². The van der Waals surface area contributed by atoms with Gasteiger partial charge in [-0.3, -0.25) is 4.79 Å². The van der Waals surface area contributed by atoms with Crippen LogP contribution in [0.2, 0.25) is 0 Å². The van der Waals surface area contributed by atoms with E-state index in [1.54, 1.807) is 11.3 Å². The Balaban J connectivity index is 1.82. The number of nitrogens with zero attached hydrogens (tertiary/aromatic N) is 1. The summed E-state index contributed by atoms with van der Waals surface area (Å²) in [7, 11) is 0. The molecule has 0 bridgehead atoms. The number of benzene rings is 2.